The van der Waals surface area contributed by atoms with Crippen LogP contribution >= 0.6 is 11.6 Å². The Morgan fingerprint density at radius 2 is 1.85 bits per heavy atom. The van der Waals surface area contributed by atoms with Crippen molar-refractivity contribution in [3.8, 4) is 17.6 Å². The van der Waals surface area contributed by atoms with Crippen LogP contribution in [0.5, 0.6) is 11.5 Å². The molecule has 2 aromatic rings. The van der Waals surface area contributed by atoms with Crippen molar-refractivity contribution in [2.75, 3.05) is 14.2 Å². The zero-order chi connectivity index (χ0) is 14.5. The lowest BCUT2D eigenvalue weighted by Crippen LogP contribution is -2.03. The standard InChI is InChI=1S/C14H12ClN3O2/c1-19-12-5-3-9(7-13(12)20-2)10(8-16)11-4-6-14(15)18-17-11/h3-7,10H,1-2H3. The molecule has 2 rings (SSSR count). The fourth-order valence-electron chi connectivity index (χ4n) is 1.82. The average Bonchev–Trinajstić information content (AvgIpc) is 2.49. The van der Waals surface area contributed by atoms with Crippen LogP contribution in [-0.2, 0) is 0 Å². The van der Waals surface area contributed by atoms with E-state index in [4.69, 9.17) is 21.1 Å². The predicted molar refractivity (Wildman–Crippen MR) is 74.0 cm³/mol. The largest absolute Gasteiger partial charge is 0.493 e. The third-order valence-corrected chi connectivity index (χ3v) is 3.02. The maximum absolute atomic E-state index is 9.37. The molecule has 102 valence electrons. The van der Waals surface area contributed by atoms with Gasteiger partial charge in [-0.15, -0.1) is 5.10 Å². The van der Waals surface area contributed by atoms with Gasteiger partial charge in [0, 0.05) is 0 Å². The van der Waals surface area contributed by atoms with Crippen LogP contribution in [0.4, 0.5) is 0 Å². The van der Waals surface area contributed by atoms with Crippen molar-refractivity contribution in [2.45, 2.75) is 5.92 Å². The van der Waals surface area contributed by atoms with E-state index in [1.807, 2.05) is 0 Å². The van der Waals surface area contributed by atoms with Crippen LogP contribution in [0, 0.1) is 11.3 Å². The van der Waals surface area contributed by atoms with Gasteiger partial charge in [-0.05, 0) is 29.8 Å². The van der Waals surface area contributed by atoms with Gasteiger partial charge in [0.05, 0.1) is 26.0 Å². The highest BCUT2D eigenvalue weighted by atomic mass is 35.5. The lowest BCUT2D eigenvalue weighted by atomic mass is 9.96. The van der Waals surface area contributed by atoms with Crippen LogP contribution in [-0.4, -0.2) is 24.4 Å². The minimum absolute atomic E-state index is 0.290. The number of rotatable bonds is 4. The van der Waals surface area contributed by atoms with E-state index in [9.17, 15) is 5.26 Å². The molecule has 0 amide bonds. The predicted octanol–water partition coefficient (Wildman–Crippen LogP) is 2.80. The minimum atomic E-state index is -0.542. The number of nitriles is 1. The molecule has 1 atom stereocenters. The summed E-state index contributed by atoms with van der Waals surface area (Å²) >= 11 is 5.70. The van der Waals surface area contributed by atoms with E-state index in [0.717, 1.165) is 5.56 Å². The number of hydrogen-bond acceptors (Lipinski definition) is 5. The van der Waals surface area contributed by atoms with Crippen molar-refractivity contribution in [3.05, 3.63) is 46.7 Å². The summed E-state index contributed by atoms with van der Waals surface area (Å²) in [6.45, 7) is 0. The summed E-state index contributed by atoms with van der Waals surface area (Å²) in [4.78, 5) is 0. The smallest absolute Gasteiger partial charge is 0.161 e. The molecular weight excluding hydrogens is 278 g/mol. The highest BCUT2D eigenvalue weighted by molar-refractivity contribution is 6.29. The summed E-state index contributed by atoms with van der Waals surface area (Å²) in [6, 6.07) is 10.8. The highest BCUT2D eigenvalue weighted by Gasteiger charge is 2.17. The second-order valence-corrected chi connectivity index (χ2v) is 4.34. The van der Waals surface area contributed by atoms with Gasteiger partial charge in [-0.2, -0.15) is 10.4 Å². The number of benzene rings is 1. The van der Waals surface area contributed by atoms with Gasteiger partial charge in [0.1, 0.15) is 5.92 Å². The quantitative estimate of drug-likeness (QED) is 0.866. The first-order valence-corrected chi connectivity index (χ1v) is 6.18. The average molecular weight is 290 g/mol. The summed E-state index contributed by atoms with van der Waals surface area (Å²) in [5.41, 5.74) is 1.28. The normalized spacial score (nSPS) is 11.5. The third-order valence-electron chi connectivity index (χ3n) is 2.82. The van der Waals surface area contributed by atoms with Crippen molar-refractivity contribution in [1.29, 1.82) is 5.26 Å². The second kappa shape index (κ2) is 6.22. The molecule has 6 heteroatoms. The van der Waals surface area contributed by atoms with Crippen LogP contribution in [0.2, 0.25) is 5.15 Å². The molecule has 0 fully saturated rings. The third kappa shape index (κ3) is 2.81. The lowest BCUT2D eigenvalue weighted by molar-refractivity contribution is 0.354. The molecule has 0 aliphatic heterocycles. The van der Waals surface area contributed by atoms with E-state index in [1.54, 1.807) is 44.6 Å². The van der Waals surface area contributed by atoms with Crippen molar-refractivity contribution < 1.29 is 9.47 Å². The number of methoxy groups -OCH3 is 2. The van der Waals surface area contributed by atoms with Gasteiger partial charge < -0.3 is 9.47 Å². The topological polar surface area (TPSA) is 68.0 Å². The Bertz CT molecular complexity index is 638. The molecule has 0 radical (unpaired) electrons. The molecule has 5 nitrogen and oxygen atoms in total. The monoisotopic (exact) mass is 289 g/mol. The maximum Gasteiger partial charge on any atom is 0.161 e. The fraction of sp³-hybridized carbons (Fsp3) is 0.214. The van der Waals surface area contributed by atoms with E-state index in [1.165, 1.54) is 0 Å². The fourth-order valence-corrected chi connectivity index (χ4v) is 1.92. The summed E-state index contributed by atoms with van der Waals surface area (Å²) in [7, 11) is 3.11. The highest BCUT2D eigenvalue weighted by Crippen LogP contribution is 2.32. The van der Waals surface area contributed by atoms with Gasteiger partial charge in [-0.3, -0.25) is 0 Å². The first-order valence-electron chi connectivity index (χ1n) is 5.80. The molecule has 0 N–H and O–H groups in total. The maximum atomic E-state index is 9.37. The van der Waals surface area contributed by atoms with E-state index >= 15 is 0 Å². The van der Waals surface area contributed by atoms with Crippen LogP contribution in [0.25, 0.3) is 0 Å². The SMILES string of the molecule is COc1ccc(C(C#N)c2ccc(Cl)nn2)cc1OC. The Morgan fingerprint density at radius 3 is 2.40 bits per heavy atom. The van der Waals surface area contributed by atoms with Crippen molar-refractivity contribution in [1.82, 2.24) is 10.2 Å². The number of halogens is 1. The number of aromatic nitrogens is 2. The zero-order valence-electron chi connectivity index (χ0n) is 11.0. The summed E-state index contributed by atoms with van der Waals surface area (Å²) in [5, 5.41) is 17.4. The molecule has 0 saturated heterocycles. The Kier molecular flexibility index (Phi) is 4.38. The number of hydrogen-bond donors (Lipinski definition) is 0. The molecule has 0 aliphatic rings. The van der Waals surface area contributed by atoms with Gasteiger partial charge in [0.15, 0.2) is 16.7 Å². The van der Waals surface area contributed by atoms with Crippen LogP contribution in [0.1, 0.15) is 17.2 Å². The van der Waals surface area contributed by atoms with E-state index in [-0.39, 0.29) is 5.15 Å². The second-order valence-electron chi connectivity index (χ2n) is 3.96. The Morgan fingerprint density at radius 1 is 1.10 bits per heavy atom. The summed E-state index contributed by atoms with van der Waals surface area (Å²) in [6.07, 6.45) is 0. The lowest BCUT2D eigenvalue weighted by Gasteiger charge is -2.12. The number of ether oxygens (including phenoxy) is 2. The van der Waals surface area contributed by atoms with E-state index in [2.05, 4.69) is 16.3 Å². The molecular formula is C14H12ClN3O2. The molecule has 0 aliphatic carbocycles. The summed E-state index contributed by atoms with van der Waals surface area (Å²) < 4.78 is 10.4. The van der Waals surface area contributed by atoms with Gasteiger partial charge in [-0.1, -0.05) is 17.7 Å². The molecule has 0 spiro atoms. The number of nitrogens with zero attached hydrogens (tertiary/aromatic N) is 3. The Labute approximate surface area is 121 Å². The van der Waals surface area contributed by atoms with Gasteiger partial charge in [0.2, 0.25) is 0 Å². The Balaban J connectivity index is 2.42. The van der Waals surface area contributed by atoms with E-state index in [0.29, 0.717) is 17.2 Å². The minimum Gasteiger partial charge on any atom is -0.493 e. The van der Waals surface area contributed by atoms with Crippen molar-refractivity contribution in [2.24, 2.45) is 0 Å². The van der Waals surface area contributed by atoms with Crippen molar-refractivity contribution in [3.63, 3.8) is 0 Å². The van der Waals surface area contributed by atoms with E-state index < -0.39 is 5.92 Å². The van der Waals surface area contributed by atoms with Gasteiger partial charge in [0.25, 0.3) is 0 Å². The molecule has 1 aromatic heterocycles. The van der Waals surface area contributed by atoms with Crippen LogP contribution in [0.3, 0.4) is 0 Å². The molecule has 1 aromatic carbocycles. The van der Waals surface area contributed by atoms with Gasteiger partial charge >= 0.3 is 0 Å². The van der Waals surface area contributed by atoms with Crippen molar-refractivity contribution >= 4 is 11.6 Å². The molecule has 1 unspecified atom stereocenters. The molecule has 0 bridgehead atoms. The van der Waals surface area contributed by atoms with Crippen LogP contribution in [0.15, 0.2) is 30.3 Å². The molecule has 0 saturated carbocycles. The molecule has 20 heavy (non-hydrogen) atoms. The summed E-state index contributed by atoms with van der Waals surface area (Å²) in [5.74, 6) is 0.627. The molecule has 1 heterocycles. The zero-order valence-corrected chi connectivity index (χ0v) is 11.8. The van der Waals surface area contributed by atoms with Crippen LogP contribution < -0.4 is 9.47 Å². The first-order chi connectivity index (χ1) is 9.69. The first kappa shape index (κ1) is 14.1. The Hall–Kier alpha value is -2.32. The van der Waals surface area contributed by atoms with Gasteiger partial charge in [-0.25, -0.2) is 0 Å².